The number of para-hydroxylation sites is 1. The van der Waals surface area contributed by atoms with Crippen LogP contribution in [0.25, 0.3) is 10.6 Å². The molecule has 1 heterocycles. The zero-order valence-corrected chi connectivity index (χ0v) is 15.9. The SMILES string of the molecule is CS(=O)(=O)Nc1ccccc1CNC(=O)c1cnc(-c2ccccc2F)s1. The first-order chi connectivity index (χ1) is 12.8. The molecule has 27 heavy (non-hydrogen) atoms. The van der Waals surface area contributed by atoms with E-state index in [2.05, 4.69) is 15.0 Å². The third-order valence-electron chi connectivity index (χ3n) is 3.59. The van der Waals surface area contributed by atoms with Crippen LogP contribution in [0.1, 0.15) is 15.2 Å². The van der Waals surface area contributed by atoms with Crippen molar-refractivity contribution in [2.75, 3.05) is 11.0 Å². The topological polar surface area (TPSA) is 88.2 Å². The summed E-state index contributed by atoms with van der Waals surface area (Å²) in [6, 6.07) is 13.0. The van der Waals surface area contributed by atoms with E-state index in [4.69, 9.17) is 0 Å². The van der Waals surface area contributed by atoms with Crippen molar-refractivity contribution in [2.45, 2.75) is 6.54 Å². The minimum Gasteiger partial charge on any atom is -0.347 e. The second kappa shape index (κ2) is 7.85. The van der Waals surface area contributed by atoms with Gasteiger partial charge in [0.25, 0.3) is 5.91 Å². The Morgan fingerprint density at radius 3 is 2.59 bits per heavy atom. The maximum Gasteiger partial charge on any atom is 0.263 e. The first-order valence-corrected chi connectivity index (χ1v) is 10.6. The van der Waals surface area contributed by atoms with Crippen molar-refractivity contribution in [3.05, 3.63) is 71.0 Å². The molecular formula is C18H16FN3O3S2. The maximum absolute atomic E-state index is 13.8. The zero-order valence-electron chi connectivity index (χ0n) is 14.3. The monoisotopic (exact) mass is 405 g/mol. The fourth-order valence-corrected chi connectivity index (χ4v) is 3.83. The third-order valence-corrected chi connectivity index (χ3v) is 5.21. The number of anilines is 1. The van der Waals surface area contributed by atoms with Gasteiger partial charge in [0.15, 0.2) is 0 Å². The van der Waals surface area contributed by atoms with Gasteiger partial charge in [-0.25, -0.2) is 17.8 Å². The van der Waals surface area contributed by atoms with Gasteiger partial charge >= 0.3 is 0 Å². The van der Waals surface area contributed by atoms with E-state index in [1.165, 1.54) is 12.3 Å². The molecule has 0 saturated heterocycles. The largest absolute Gasteiger partial charge is 0.347 e. The quantitative estimate of drug-likeness (QED) is 0.659. The number of rotatable bonds is 6. The first kappa shape index (κ1) is 19.0. The Morgan fingerprint density at radius 2 is 1.85 bits per heavy atom. The number of nitrogens with zero attached hydrogens (tertiary/aromatic N) is 1. The number of sulfonamides is 1. The predicted octanol–water partition coefficient (Wildman–Crippen LogP) is 3.25. The van der Waals surface area contributed by atoms with Crippen molar-refractivity contribution in [2.24, 2.45) is 0 Å². The molecule has 0 atom stereocenters. The Hall–Kier alpha value is -2.78. The van der Waals surface area contributed by atoms with Crippen molar-refractivity contribution in [3.8, 4) is 10.6 Å². The van der Waals surface area contributed by atoms with Crippen LogP contribution in [0.2, 0.25) is 0 Å². The summed E-state index contributed by atoms with van der Waals surface area (Å²) in [4.78, 5) is 16.8. The van der Waals surface area contributed by atoms with E-state index in [-0.39, 0.29) is 12.5 Å². The Balaban J connectivity index is 1.72. The van der Waals surface area contributed by atoms with E-state index >= 15 is 0 Å². The van der Waals surface area contributed by atoms with Crippen LogP contribution in [0, 0.1) is 5.82 Å². The normalized spacial score (nSPS) is 11.2. The lowest BCUT2D eigenvalue weighted by Crippen LogP contribution is -2.23. The molecule has 3 rings (SSSR count). The van der Waals surface area contributed by atoms with Gasteiger partial charge in [-0.2, -0.15) is 0 Å². The highest BCUT2D eigenvalue weighted by Crippen LogP contribution is 2.27. The van der Waals surface area contributed by atoms with Gasteiger partial charge in [-0.05, 0) is 23.8 Å². The Bertz CT molecular complexity index is 1080. The number of aromatic nitrogens is 1. The smallest absolute Gasteiger partial charge is 0.263 e. The van der Waals surface area contributed by atoms with Crippen molar-refractivity contribution >= 4 is 33.0 Å². The van der Waals surface area contributed by atoms with Gasteiger partial charge in [-0.15, -0.1) is 11.3 Å². The molecule has 0 aliphatic rings. The molecule has 9 heteroatoms. The molecular weight excluding hydrogens is 389 g/mol. The van der Waals surface area contributed by atoms with Gasteiger partial charge in [-0.1, -0.05) is 30.3 Å². The number of carbonyl (C=O) groups excluding carboxylic acids is 1. The van der Waals surface area contributed by atoms with Crippen LogP contribution in [0.4, 0.5) is 10.1 Å². The second-order valence-corrected chi connectivity index (χ2v) is 8.50. The molecule has 0 aliphatic carbocycles. The van der Waals surface area contributed by atoms with Crippen LogP contribution in [0.15, 0.2) is 54.7 Å². The van der Waals surface area contributed by atoms with E-state index in [1.807, 2.05) is 0 Å². The lowest BCUT2D eigenvalue weighted by atomic mass is 10.2. The van der Waals surface area contributed by atoms with Crippen LogP contribution in [0.5, 0.6) is 0 Å². The highest BCUT2D eigenvalue weighted by Gasteiger charge is 2.14. The maximum atomic E-state index is 13.8. The van der Waals surface area contributed by atoms with Gasteiger partial charge in [-0.3, -0.25) is 9.52 Å². The van der Waals surface area contributed by atoms with Crippen molar-refractivity contribution < 1.29 is 17.6 Å². The Kier molecular flexibility index (Phi) is 5.52. The van der Waals surface area contributed by atoms with Gasteiger partial charge in [0, 0.05) is 12.1 Å². The summed E-state index contributed by atoms with van der Waals surface area (Å²) in [7, 11) is -3.43. The summed E-state index contributed by atoms with van der Waals surface area (Å²) in [6.07, 6.45) is 2.45. The van der Waals surface area contributed by atoms with Gasteiger partial charge in [0.05, 0.1) is 18.1 Å². The molecule has 2 N–H and O–H groups in total. The fraction of sp³-hybridized carbons (Fsp3) is 0.111. The number of carbonyl (C=O) groups is 1. The summed E-state index contributed by atoms with van der Waals surface area (Å²) in [5.41, 5.74) is 1.36. The number of hydrogen-bond acceptors (Lipinski definition) is 5. The van der Waals surface area contributed by atoms with Crippen molar-refractivity contribution in [1.82, 2.24) is 10.3 Å². The summed E-state index contributed by atoms with van der Waals surface area (Å²) < 4.78 is 39.1. The Labute approximate surface area is 160 Å². The number of hydrogen-bond donors (Lipinski definition) is 2. The number of nitrogens with one attached hydrogen (secondary N) is 2. The van der Waals surface area contributed by atoms with E-state index < -0.39 is 15.8 Å². The molecule has 1 aromatic heterocycles. The van der Waals surface area contributed by atoms with Crippen LogP contribution in [-0.2, 0) is 16.6 Å². The molecule has 6 nitrogen and oxygen atoms in total. The van der Waals surface area contributed by atoms with E-state index in [9.17, 15) is 17.6 Å². The number of amides is 1. The standard InChI is InChI=1S/C18H16FN3O3S2/c1-27(24,25)22-15-9-5-2-6-12(15)10-20-17(23)16-11-21-18(26-16)13-7-3-4-8-14(13)19/h2-9,11,22H,10H2,1H3,(H,20,23). The van der Waals surface area contributed by atoms with Crippen LogP contribution >= 0.6 is 11.3 Å². The number of thiazole rings is 1. The summed E-state index contributed by atoms with van der Waals surface area (Å²) in [6.45, 7) is 0.129. The average molecular weight is 405 g/mol. The minimum absolute atomic E-state index is 0.129. The van der Waals surface area contributed by atoms with Crippen molar-refractivity contribution in [3.63, 3.8) is 0 Å². The molecule has 0 fully saturated rings. The molecule has 0 spiro atoms. The van der Waals surface area contributed by atoms with E-state index in [0.29, 0.717) is 26.7 Å². The van der Waals surface area contributed by atoms with Crippen LogP contribution in [-0.4, -0.2) is 25.6 Å². The average Bonchev–Trinajstić information content (AvgIpc) is 3.10. The van der Waals surface area contributed by atoms with Gasteiger partial charge < -0.3 is 5.32 Å². The highest BCUT2D eigenvalue weighted by molar-refractivity contribution is 7.92. The lowest BCUT2D eigenvalue weighted by molar-refractivity contribution is 0.0955. The third kappa shape index (κ3) is 4.89. The molecule has 1 amide bonds. The molecule has 140 valence electrons. The summed E-state index contributed by atoms with van der Waals surface area (Å²) >= 11 is 1.08. The molecule has 0 unspecified atom stereocenters. The second-order valence-electron chi connectivity index (χ2n) is 5.72. The molecule has 0 radical (unpaired) electrons. The summed E-state index contributed by atoms with van der Waals surface area (Å²) in [5.74, 6) is -0.774. The Morgan fingerprint density at radius 1 is 1.15 bits per heavy atom. The highest BCUT2D eigenvalue weighted by atomic mass is 32.2. The van der Waals surface area contributed by atoms with Gasteiger partial charge in [0.1, 0.15) is 15.7 Å². The number of halogens is 1. The summed E-state index contributed by atoms with van der Waals surface area (Å²) in [5, 5.41) is 3.14. The molecule has 2 aromatic carbocycles. The van der Waals surface area contributed by atoms with Crippen molar-refractivity contribution in [1.29, 1.82) is 0 Å². The molecule has 0 saturated carbocycles. The van der Waals surface area contributed by atoms with Crippen LogP contribution in [0.3, 0.4) is 0 Å². The predicted molar refractivity (Wildman–Crippen MR) is 104 cm³/mol. The molecule has 3 aromatic rings. The van der Waals surface area contributed by atoms with Crippen LogP contribution < -0.4 is 10.0 Å². The van der Waals surface area contributed by atoms with Gasteiger partial charge in [0.2, 0.25) is 10.0 Å². The van der Waals surface area contributed by atoms with E-state index in [1.54, 1.807) is 42.5 Å². The zero-order chi connectivity index (χ0) is 19.4. The fourth-order valence-electron chi connectivity index (χ4n) is 2.37. The lowest BCUT2D eigenvalue weighted by Gasteiger charge is -2.11. The van der Waals surface area contributed by atoms with E-state index in [0.717, 1.165) is 17.6 Å². The molecule has 0 bridgehead atoms. The molecule has 0 aliphatic heterocycles. The minimum atomic E-state index is -3.43. The first-order valence-electron chi connectivity index (χ1n) is 7.88. The number of benzene rings is 2.